The summed E-state index contributed by atoms with van der Waals surface area (Å²) >= 11 is 0. The minimum atomic E-state index is -1.12. The van der Waals surface area contributed by atoms with Crippen LogP contribution in [0.2, 0.25) is 0 Å². The van der Waals surface area contributed by atoms with E-state index < -0.39 is 11.9 Å². The fourth-order valence-corrected chi connectivity index (χ4v) is 1.43. The highest BCUT2D eigenvalue weighted by atomic mass is 16.4. The molecule has 0 atom stereocenters. The third kappa shape index (κ3) is 4.63. The molecule has 0 bridgehead atoms. The summed E-state index contributed by atoms with van der Waals surface area (Å²) in [7, 11) is 0. The summed E-state index contributed by atoms with van der Waals surface area (Å²) in [5.41, 5.74) is 0.0806. The maximum atomic E-state index is 10.9. The Balaban J connectivity index is 4.75. The molecular weight excluding hydrogens is 196 g/mol. The van der Waals surface area contributed by atoms with E-state index in [0.717, 1.165) is 19.3 Å². The second-order valence-corrected chi connectivity index (χ2v) is 3.38. The molecule has 2 N–H and O–H groups in total. The van der Waals surface area contributed by atoms with E-state index in [9.17, 15) is 9.59 Å². The van der Waals surface area contributed by atoms with Crippen molar-refractivity contribution >= 4 is 11.9 Å². The molecule has 0 spiro atoms. The van der Waals surface area contributed by atoms with Gasteiger partial charge in [-0.05, 0) is 19.3 Å². The number of rotatable bonds is 7. The smallest absolute Gasteiger partial charge is 0.332 e. The van der Waals surface area contributed by atoms with Gasteiger partial charge in [0.2, 0.25) is 0 Å². The number of hydrogen-bond donors (Lipinski definition) is 2. The van der Waals surface area contributed by atoms with Crippen molar-refractivity contribution in [2.45, 2.75) is 46.0 Å². The van der Waals surface area contributed by atoms with E-state index in [2.05, 4.69) is 0 Å². The topological polar surface area (TPSA) is 74.6 Å². The van der Waals surface area contributed by atoms with Gasteiger partial charge in [-0.1, -0.05) is 26.7 Å². The molecule has 0 heterocycles. The Kier molecular flexibility index (Phi) is 6.42. The summed E-state index contributed by atoms with van der Waals surface area (Å²) in [6.45, 7) is 3.67. The molecule has 4 heteroatoms. The molecule has 0 fully saturated rings. The summed E-state index contributed by atoms with van der Waals surface area (Å²) in [6, 6.07) is 0. The van der Waals surface area contributed by atoms with Crippen LogP contribution >= 0.6 is 0 Å². The molecule has 0 aromatic rings. The predicted molar refractivity (Wildman–Crippen MR) is 56.7 cm³/mol. The van der Waals surface area contributed by atoms with Crippen molar-refractivity contribution in [1.82, 2.24) is 0 Å². The number of unbranched alkanes of at least 4 members (excludes halogenated alkanes) is 2. The summed E-state index contributed by atoms with van der Waals surface area (Å²) < 4.78 is 0. The Morgan fingerprint density at radius 1 is 0.933 bits per heavy atom. The predicted octanol–water partition coefficient (Wildman–Crippen LogP) is 2.44. The van der Waals surface area contributed by atoms with Gasteiger partial charge in [0.05, 0.1) is 0 Å². The second kappa shape index (κ2) is 7.04. The maximum absolute atomic E-state index is 10.9. The van der Waals surface area contributed by atoms with Crippen molar-refractivity contribution in [3.05, 3.63) is 11.1 Å². The van der Waals surface area contributed by atoms with Gasteiger partial charge in [-0.3, -0.25) is 0 Å². The molecule has 4 nitrogen and oxygen atoms in total. The van der Waals surface area contributed by atoms with Crippen LogP contribution in [0.5, 0.6) is 0 Å². The number of carboxylic acids is 2. The Labute approximate surface area is 89.6 Å². The first-order chi connectivity index (χ1) is 7.04. The highest BCUT2D eigenvalue weighted by molar-refractivity contribution is 5.98. The number of hydrogen-bond acceptors (Lipinski definition) is 2. The van der Waals surface area contributed by atoms with Crippen LogP contribution in [-0.4, -0.2) is 22.2 Å². The van der Waals surface area contributed by atoms with Crippen LogP contribution in [0.1, 0.15) is 46.0 Å². The van der Waals surface area contributed by atoms with Crippen molar-refractivity contribution in [3.63, 3.8) is 0 Å². The van der Waals surface area contributed by atoms with Crippen LogP contribution in [0.3, 0.4) is 0 Å². The normalized spacial score (nSPS) is 12.1. The lowest BCUT2D eigenvalue weighted by molar-refractivity contribution is -0.136. The fraction of sp³-hybridized carbons (Fsp3) is 0.636. The molecule has 0 rings (SSSR count). The van der Waals surface area contributed by atoms with E-state index >= 15 is 0 Å². The molecule has 86 valence electrons. The van der Waals surface area contributed by atoms with Gasteiger partial charge < -0.3 is 10.2 Å². The summed E-state index contributed by atoms with van der Waals surface area (Å²) in [4.78, 5) is 21.7. The second-order valence-electron chi connectivity index (χ2n) is 3.38. The molecule has 0 radical (unpaired) electrons. The Morgan fingerprint density at radius 2 is 1.47 bits per heavy atom. The first-order valence-corrected chi connectivity index (χ1v) is 5.23. The van der Waals surface area contributed by atoms with E-state index in [1.54, 1.807) is 6.92 Å². The van der Waals surface area contributed by atoms with Crippen LogP contribution in [0.4, 0.5) is 0 Å². The number of carboxylic acid groups (broad SMARTS) is 2. The highest BCUT2D eigenvalue weighted by Crippen LogP contribution is 2.16. The fourth-order valence-electron chi connectivity index (χ4n) is 1.43. The molecule has 0 aliphatic carbocycles. The quantitative estimate of drug-likeness (QED) is 0.504. The standard InChI is InChI=1S/C11H18O4/c1-3-5-6-7-9(11(14)15)8(4-2)10(12)13/h3-7H2,1-2H3,(H,12,13)(H,14,15)/b9-8+. The molecule has 0 saturated carbocycles. The van der Waals surface area contributed by atoms with E-state index in [0.29, 0.717) is 6.42 Å². The molecule has 0 amide bonds. The van der Waals surface area contributed by atoms with Gasteiger partial charge in [-0.25, -0.2) is 9.59 Å². The van der Waals surface area contributed by atoms with Crippen molar-refractivity contribution in [3.8, 4) is 0 Å². The largest absolute Gasteiger partial charge is 0.478 e. The molecule has 0 aliphatic rings. The molecule has 0 aromatic carbocycles. The third-order valence-electron chi connectivity index (χ3n) is 2.26. The lowest BCUT2D eigenvalue weighted by atomic mass is 10.00. The molecular formula is C11H18O4. The first kappa shape index (κ1) is 13.7. The monoisotopic (exact) mass is 214 g/mol. The summed E-state index contributed by atoms with van der Waals surface area (Å²) in [5, 5.41) is 17.7. The highest BCUT2D eigenvalue weighted by Gasteiger charge is 2.17. The van der Waals surface area contributed by atoms with Gasteiger partial charge >= 0.3 is 11.9 Å². The Hall–Kier alpha value is -1.32. The van der Waals surface area contributed by atoms with Crippen LogP contribution in [0.25, 0.3) is 0 Å². The SMILES string of the molecule is CCCCC/C(C(=O)O)=C(/CC)C(=O)O. The Morgan fingerprint density at radius 3 is 1.80 bits per heavy atom. The van der Waals surface area contributed by atoms with Gasteiger partial charge in [0.15, 0.2) is 0 Å². The van der Waals surface area contributed by atoms with Crippen molar-refractivity contribution in [1.29, 1.82) is 0 Å². The van der Waals surface area contributed by atoms with Gasteiger partial charge in [0.1, 0.15) is 0 Å². The lowest BCUT2D eigenvalue weighted by Crippen LogP contribution is -2.11. The van der Waals surface area contributed by atoms with Gasteiger partial charge in [0, 0.05) is 11.1 Å². The van der Waals surface area contributed by atoms with Gasteiger partial charge in [0.25, 0.3) is 0 Å². The van der Waals surface area contributed by atoms with Crippen molar-refractivity contribution in [2.75, 3.05) is 0 Å². The summed E-state index contributed by atoms with van der Waals surface area (Å²) in [5.74, 6) is -2.23. The van der Waals surface area contributed by atoms with Crippen LogP contribution in [0, 0.1) is 0 Å². The average molecular weight is 214 g/mol. The minimum Gasteiger partial charge on any atom is -0.478 e. The number of aliphatic carboxylic acids is 2. The molecule has 0 unspecified atom stereocenters. The minimum absolute atomic E-state index is 0.0265. The van der Waals surface area contributed by atoms with Crippen LogP contribution < -0.4 is 0 Å². The van der Waals surface area contributed by atoms with Gasteiger partial charge in [-0.2, -0.15) is 0 Å². The Bertz CT molecular complexity index is 266. The zero-order chi connectivity index (χ0) is 11.8. The summed E-state index contributed by atoms with van der Waals surface area (Å²) in [6.07, 6.45) is 3.24. The van der Waals surface area contributed by atoms with E-state index in [4.69, 9.17) is 10.2 Å². The van der Waals surface area contributed by atoms with Crippen molar-refractivity contribution < 1.29 is 19.8 Å². The van der Waals surface area contributed by atoms with Crippen LogP contribution in [0.15, 0.2) is 11.1 Å². The molecule has 15 heavy (non-hydrogen) atoms. The van der Waals surface area contributed by atoms with E-state index in [1.165, 1.54) is 0 Å². The average Bonchev–Trinajstić information content (AvgIpc) is 2.16. The maximum Gasteiger partial charge on any atom is 0.332 e. The number of carbonyl (C=O) groups is 2. The van der Waals surface area contributed by atoms with Gasteiger partial charge in [-0.15, -0.1) is 0 Å². The molecule has 0 aliphatic heterocycles. The third-order valence-corrected chi connectivity index (χ3v) is 2.26. The first-order valence-electron chi connectivity index (χ1n) is 5.23. The van der Waals surface area contributed by atoms with E-state index in [-0.39, 0.29) is 17.6 Å². The van der Waals surface area contributed by atoms with Crippen molar-refractivity contribution in [2.24, 2.45) is 0 Å². The molecule has 0 saturated heterocycles. The zero-order valence-corrected chi connectivity index (χ0v) is 9.25. The molecule has 0 aromatic heterocycles. The zero-order valence-electron chi connectivity index (χ0n) is 9.25. The van der Waals surface area contributed by atoms with E-state index in [1.807, 2.05) is 6.92 Å². The lowest BCUT2D eigenvalue weighted by Gasteiger charge is -2.06. The van der Waals surface area contributed by atoms with Crippen LogP contribution in [-0.2, 0) is 9.59 Å².